The fraction of sp³-hybridized carbons (Fsp3) is 0.286. The van der Waals surface area contributed by atoms with Crippen molar-refractivity contribution >= 4 is 11.9 Å². The van der Waals surface area contributed by atoms with Gasteiger partial charge in [0.15, 0.2) is 0 Å². The minimum atomic E-state index is -0.868. The maximum atomic E-state index is 14.9. The van der Waals surface area contributed by atoms with Crippen molar-refractivity contribution < 1.29 is 33.3 Å². The lowest BCUT2D eigenvalue weighted by molar-refractivity contribution is -0.137. The van der Waals surface area contributed by atoms with Gasteiger partial charge in [0.1, 0.15) is 34.9 Å². The molecular weight excluding hydrogens is 465 g/mol. The number of carbonyl (C=O) groups excluding carboxylic acids is 1. The zero-order valence-corrected chi connectivity index (χ0v) is 19.8. The molecule has 0 aromatic heterocycles. The maximum Gasteiger partial charge on any atom is 0.304 e. The first-order chi connectivity index (χ1) is 17.4. The first kappa shape index (κ1) is 23.7. The van der Waals surface area contributed by atoms with E-state index < -0.39 is 12.1 Å². The number of hydrogen-bond acceptors (Lipinski definition) is 5. The number of benzene rings is 3. The highest BCUT2D eigenvalue weighted by molar-refractivity contribution is 5.72. The first-order valence-corrected chi connectivity index (χ1v) is 11.8. The van der Waals surface area contributed by atoms with Crippen LogP contribution in [0.1, 0.15) is 54.0 Å². The topological polar surface area (TPSA) is 94.1 Å². The predicted molar refractivity (Wildman–Crippen MR) is 129 cm³/mol. The van der Waals surface area contributed by atoms with E-state index in [2.05, 4.69) is 5.32 Å². The molecule has 0 radical (unpaired) electrons. The molecule has 36 heavy (non-hydrogen) atoms. The highest BCUT2D eigenvalue weighted by Crippen LogP contribution is 2.44. The van der Waals surface area contributed by atoms with E-state index in [1.165, 1.54) is 13.0 Å². The summed E-state index contributed by atoms with van der Waals surface area (Å²) in [4.78, 5) is 22.3. The standard InChI is InChI=1S/C28H26FNO6/c1-16(31)30-14-17-3-2-4-19(11-17)35-24-10-8-23(29)28-22(24)7-9-25(28)36-20-5-6-21-18(12-27(32)33)15-34-26(21)13-20/h2-6,8,10-11,13,18,25H,7,9,12,14-15H2,1H3,(H,30,31)(H,32,33)/t18-,25-/m1/s1. The average molecular weight is 492 g/mol. The Morgan fingerprint density at radius 2 is 2.00 bits per heavy atom. The van der Waals surface area contributed by atoms with Gasteiger partial charge in [-0.25, -0.2) is 4.39 Å². The normalized spacial score (nSPS) is 17.6. The van der Waals surface area contributed by atoms with Crippen LogP contribution in [0.2, 0.25) is 0 Å². The monoisotopic (exact) mass is 491 g/mol. The van der Waals surface area contributed by atoms with Gasteiger partial charge < -0.3 is 24.6 Å². The second kappa shape index (κ2) is 9.89. The van der Waals surface area contributed by atoms with Gasteiger partial charge in [0.2, 0.25) is 5.91 Å². The van der Waals surface area contributed by atoms with Crippen LogP contribution in [0, 0.1) is 5.82 Å². The van der Waals surface area contributed by atoms with Gasteiger partial charge in [-0.3, -0.25) is 9.59 Å². The molecule has 0 fully saturated rings. The van der Waals surface area contributed by atoms with Gasteiger partial charge in [-0.1, -0.05) is 18.2 Å². The van der Waals surface area contributed by atoms with E-state index in [4.69, 9.17) is 19.3 Å². The van der Waals surface area contributed by atoms with Crippen molar-refractivity contribution in [3.63, 3.8) is 0 Å². The van der Waals surface area contributed by atoms with E-state index >= 15 is 0 Å². The highest BCUT2D eigenvalue weighted by Gasteiger charge is 2.32. The van der Waals surface area contributed by atoms with Gasteiger partial charge >= 0.3 is 5.97 Å². The summed E-state index contributed by atoms with van der Waals surface area (Å²) in [5, 5.41) is 11.9. The first-order valence-electron chi connectivity index (χ1n) is 11.8. The van der Waals surface area contributed by atoms with Crippen LogP contribution in [-0.2, 0) is 22.6 Å². The molecule has 186 valence electrons. The van der Waals surface area contributed by atoms with E-state index in [0.29, 0.717) is 54.6 Å². The van der Waals surface area contributed by atoms with Gasteiger partial charge in [0, 0.05) is 42.1 Å². The quantitative estimate of drug-likeness (QED) is 0.446. The Balaban J connectivity index is 1.33. The second-order valence-electron chi connectivity index (χ2n) is 9.05. The smallest absolute Gasteiger partial charge is 0.304 e. The number of carboxylic acids is 1. The molecule has 1 aliphatic heterocycles. The van der Waals surface area contributed by atoms with E-state index in [0.717, 1.165) is 16.7 Å². The van der Waals surface area contributed by atoms with Gasteiger partial charge in [0.25, 0.3) is 0 Å². The van der Waals surface area contributed by atoms with E-state index in [-0.39, 0.29) is 24.1 Å². The Bertz CT molecular complexity index is 1320. The summed E-state index contributed by atoms with van der Waals surface area (Å²) in [7, 11) is 0. The number of carbonyl (C=O) groups is 2. The highest BCUT2D eigenvalue weighted by atomic mass is 19.1. The molecule has 3 aromatic carbocycles. The number of fused-ring (bicyclic) bond motifs is 2. The lowest BCUT2D eigenvalue weighted by Crippen LogP contribution is -2.18. The number of halogens is 1. The summed E-state index contributed by atoms with van der Waals surface area (Å²) in [5.74, 6) is 0.801. The number of rotatable bonds is 8. The number of carboxylic acid groups (broad SMARTS) is 1. The van der Waals surface area contributed by atoms with Crippen LogP contribution >= 0.6 is 0 Å². The molecule has 2 aliphatic rings. The Morgan fingerprint density at radius 1 is 1.14 bits per heavy atom. The molecule has 0 saturated carbocycles. The van der Waals surface area contributed by atoms with Crippen LogP contribution in [0.4, 0.5) is 4.39 Å². The molecule has 2 N–H and O–H groups in total. The third kappa shape index (κ3) is 4.98. The lowest BCUT2D eigenvalue weighted by Gasteiger charge is -2.17. The number of ether oxygens (including phenoxy) is 3. The molecule has 5 rings (SSSR count). The van der Waals surface area contributed by atoms with Crippen molar-refractivity contribution in [2.45, 2.75) is 44.8 Å². The molecular formula is C28H26FNO6. The van der Waals surface area contributed by atoms with Crippen LogP contribution < -0.4 is 19.5 Å². The fourth-order valence-electron chi connectivity index (χ4n) is 4.80. The van der Waals surface area contributed by atoms with Crippen LogP contribution in [0.25, 0.3) is 0 Å². The van der Waals surface area contributed by atoms with Gasteiger partial charge in [0.05, 0.1) is 13.0 Å². The number of aliphatic carboxylic acids is 1. The third-order valence-corrected chi connectivity index (χ3v) is 6.47. The fourth-order valence-corrected chi connectivity index (χ4v) is 4.80. The summed E-state index contributed by atoms with van der Waals surface area (Å²) in [6.07, 6.45) is 0.715. The molecule has 1 amide bonds. The van der Waals surface area contributed by atoms with Crippen LogP contribution in [0.15, 0.2) is 54.6 Å². The lowest BCUT2D eigenvalue weighted by atomic mass is 9.98. The SMILES string of the molecule is CC(=O)NCc1cccc(Oc2ccc(F)c3c2CC[C@H]3Oc2ccc3c(c2)OC[C@H]3CC(=O)O)c1. The summed E-state index contributed by atoms with van der Waals surface area (Å²) in [6.45, 7) is 2.18. The number of nitrogens with one attached hydrogen (secondary N) is 1. The third-order valence-electron chi connectivity index (χ3n) is 6.47. The molecule has 3 aromatic rings. The summed E-state index contributed by atoms with van der Waals surface area (Å²) < 4.78 is 32.9. The Hall–Kier alpha value is -4.07. The Labute approximate surface area is 207 Å². The molecule has 1 aliphatic carbocycles. The van der Waals surface area contributed by atoms with Crippen LogP contribution in [0.3, 0.4) is 0 Å². The number of hydrogen-bond donors (Lipinski definition) is 2. The van der Waals surface area contributed by atoms with Crippen molar-refractivity contribution in [2.24, 2.45) is 0 Å². The van der Waals surface area contributed by atoms with E-state index in [9.17, 15) is 14.0 Å². The van der Waals surface area contributed by atoms with Gasteiger partial charge in [-0.15, -0.1) is 0 Å². The maximum absolute atomic E-state index is 14.9. The molecule has 0 spiro atoms. The van der Waals surface area contributed by atoms with Crippen molar-refractivity contribution in [2.75, 3.05) is 6.61 Å². The van der Waals surface area contributed by atoms with E-state index in [1.807, 2.05) is 30.3 Å². The minimum Gasteiger partial charge on any atom is -0.492 e. The summed E-state index contributed by atoms with van der Waals surface area (Å²) in [6, 6.07) is 15.8. The second-order valence-corrected chi connectivity index (χ2v) is 9.05. The van der Waals surface area contributed by atoms with Crippen molar-refractivity contribution in [3.8, 4) is 23.0 Å². The van der Waals surface area contributed by atoms with Crippen LogP contribution in [-0.4, -0.2) is 23.6 Å². The van der Waals surface area contributed by atoms with Gasteiger partial charge in [-0.05, 0) is 48.7 Å². The molecule has 7 nitrogen and oxygen atoms in total. The predicted octanol–water partition coefficient (Wildman–Crippen LogP) is 5.27. The van der Waals surface area contributed by atoms with Gasteiger partial charge in [-0.2, -0.15) is 0 Å². The summed E-state index contributed by atoms with van der Waals surface area (Å²) >= 11 is 0. The number of amides is 1. The zero-order valence-electron chi connectivity index (χ0n) is 19.8. The molecule has 0 unspecified atom stereocenters. The summed E-state index contributed by atoms with van der Waals surface area (Å²) in [5.41, 5.74) is 2.99. The van der Waals surface area contributed by atoms with Crippen LogP contribution in [0.5, 0.6) is 23.0 Å². The molecule has 2 atom stereocenters. The molecule has 8 heteroatoms. The molecule has 0 bridgehead atoms. The average Bonchev–Trinajstić information content (AvgIpc) is 3.44. The minimum absolute atomic E-state index is 0.00728. The van der Waals surface area contributed by atoms with Crippen molar-refractivity contribution in [1.82, 2.24) is 5.32 Å². The van der Waals surface area contributed by atoms with Crippen molar-refractivity contribution in [3.05, 3.63) is 82.7 Å². The largest absolute Gasteiger partial charge is 0.492 e. The Kier molecular flexibility index (Phi) is 6.50. The zero-order chi connectivity index (χ0) is 25.2. The Morgan fingerprint density at radius 3 is 2.81 bits per heavy atom. The van der Waals surface area contributed by atoms with Crippen molar-refractivity contribution in [1.29, 1.82) is 0 Å². The molecule has 0 saturated heterocycles. The van der Waals surface area contributed by atoms with E-state index in [1.54, 1.807) is 18.2 Å². The molecule has 1 heterocycles.